The van der Waals surface area contributed by atoms with Crippen LogP contribution < -0.4 is 15.0 Å². The predicted octanol–water partition coefficient (Wildman–Crippen LogP) is 3.32. The number of carbonyl (C=O) groups is 3. The number of carbonyl (C=O) groups excluding carboxylic acids is 1. The topological polar surface area (TPSA) is 154 Å². The standard InChI is InChI=1S/C27H27ClFN5O7/c1-33(2)8-3-4-23(35)32-21-11-17-20(12-22(21)41-16-7-9-40-13-16)30-14-31-25(17)34(24(26(36)37)27(38)39)15-5-6-19(29)18(28)10-15/h3-6,10-12,14,16,24H,7-9,13H2,1-2H3,(H,32,35)(H,36,37)(H,38,39)/b4-3+. The molecule has 1 amide bonds. The zero-order chi connectivity index (χ0) is 29.7. The third-order valence-corrected chi connectivity index (χ3v) is 6.32. The molecule has 3 N–H and O–H groups in total. The molecule has 0 bridgehead atoms. The first kappa shape index (κ1) is 29.6. The smallest absolute Gasteiger partial charge is 0.338 e. The Kier molecular flexibility index (Phi) is 9.32. The molecule has 1 aromatic heterocycles. The summed E-state index contributed by atoms with van der Waals surface area (Å²) in [4.78, 5) is 48.3. The highest BCUT2D eigenvalue weighted by Crippen LogP contribution is 2.38. The van der Waals surface area contributed by atoms with Crippen molar-refractivity contribution in [2.45, 2.75) is 18.6 Å². The molecule has 12 nitrogen and oxygen atoms in total. The molecule has 0 spiro atoms. The van der Waals surface area contributed by atoms with Crippen LogP contribution in [0.5, 0.6) is 5.75 Å². The first-order valence-electron chi connectivity index (χ1n) is 12.4. The fraction of sp³-hybridized carbons (Fsp3) is 0.296. The summed E-state index contributed by atoms with van der Waals surface area (Å²) >= 11 is 5.96. The van der Waals surface area contributed by atoms with Crippen LogP contribution in [0.4, 0.5) is 21.6 Å². The third-order valence-electron chi connectivity index (χ3n) is 6.03. The minimum atomic E-state index is -2.17. The molecule has 0 radical (unpaired) electrons. The maximum atomic E-state index is 14.0. The number of hydrogen-bond acceptors (Lipinski definition) is 9. The van der Waals surface area contributed by atoms with Crippen molar-refractivity contribution in [1.82, 2.24) is 14.9 Å². The normalized spacial score (nSPS) is 15.1. The lowest BCUT2D eigenvalue weighted by atomic mass is 10.1. The van der Waals surface area contributed by atoms with E-state index in [0.29, 0.717) is 26.2 Å². The van der Waals surface area contributed by atoms with Gasteiger partial charge < -0.3 is 34.8 Å². The minimum Gasteiger partial charge on any atom is -0.486 e. The number of nitrogens with one attached hydrogen (secondary N) is 1. The first-order chi connectivity index (χ1) is 19.5. The summed E-state index contributed by atoms with van der Waals surface area (Å²) in [5.41, 5.74) is 0.420. The summed E-state index contributed by atoms with van der Waals surface area (Å²) in [5.74, 6) is -4.52. The molecular formula is C27H27ClFN5O7. The van der Waals surface area contributed by atoms with E-state index >= 15 is 0 Å². The zero-order valence-electron chi connectivity index (χ0n) is 22.1. The molecule has 1 saturated heterocycles. The van der Waals surface area contributed by atoms with Crippen molar-refractivity contribution in [3.63, 3.8) is 0 Å². The number of rotatable bonds is 11. The number of fused-ring (bicyclic) bond motifs is 1. The Morgan fingerprint density at radius 3 is 2.61 bits per heavy atom. The molecular weight excluding hydrogens is 561 g/mol. The summed E-state index contributed by atoms with van der Waals surface area (Å²) in [6.45, 7) is 1.38. The van der Waals surface area contributed by atoms with Crippen molar-refractivity contribution in [3.8, 4) is 5.75 Å². The molecule has 2 heterocycles. The SMILES string of the molecule is CN(C)C/C=C/C(=O)Nc1cc2c(N(c3ccc(F)c(Cl)c3)C(C(=O)O)C(=O)O)ncnc2cc1OC1CCOC1. The highest BCUT2D eigenvalue weighted by Gasteiger charge is 2.36. The van der Waals surface area contributed by atoms with Gasteiger partial charge in [-0.3, -0.25) is 4.79 Å². The Morgan fingerprint density at radius 1 is 1.22 bits per heavy atom. The van der Waals surface area contributed by atoms with Gasteiger partial charge in [-0.25, -0.2) is 23.9 Å². The van der Waals surface area contributed by atoms with Crippen LogP contribution in [0.3, 0.4) is 0 Å². The molecule has 1 fully saturated rings. The number of benzene rings is 2. The Labute approximate surface area is 238 Å². The summed E-state index contributed by atoms with van der Waals surface area (Å²) in [6.07, 6.45) is 4.49. The second kappa shape index (κ2) is 12.9. The number of carboxylic acid groups (broad SMARTS) is 2. The molecule has 0 saturated carbocycles. The molecule has 1 aliphatic heterocycles. The monoisotopic (exact) mass is 587 g/mol. The second-order valence-electron chi connectivity index (χ2n) is 9.37. The fourth-order valence-corrected chi connectivity index (χ4v) is 4.32. The number of anilines is 3. The van der Waals surface area contributed by atoms with Crippen molar-refractivity contribution < 1.29 is 38.5 Å². The minimum absolute atomic E-state index is 0.0492. The van der Waals surface area contributed by atoms with Crippen molar-refractivity contribution in [3.05, 3.63) is 59.7 Å². The number of aliphatic carboxylic acids is 2. The number of amides is 1. The van der Waals surface area contributed by atoms with E-state index in [0.717, 1.165) is 23.4 Å². The van der Waals surface area contributed by atoms with Gasteiger partial charge in [-0.1, -0.05) is 17.7 Å². The van der Waals surface area contributed by atoms with Crippen LogP contribution in [-0.4, -0.2) is 88.9 Å². The highest BCUT2D eigenvalue weighted by molar-refractivity contribution is 6.31. The van der Waals surface area contributed by atoms with E-state index in [1.807, 2.05) is 19.0 Å². The Bertz CT molecular complexity index is 1480. The lowest BCUT2D eigenvalue weighted by Crippen LogP contribution is -2.45. The highest BCUT2D eigenvalue weighted by atomic mass is 35.5. The molecule has 0 aliphatic carbocycles. The number of halogens is 2. The molecule has 1 atom stereocenters. The van der Waals surface area contributed by atoms with Crippen LogP contribution >= 0.6 is 11.6 Å². The number of ether oxygens (including phenoxy) is 2. The van der Waals surface area contributed by atoms with E-state index in [4.69, 9.17) is 21.1 Å². The summed E-state index contributed by atoms with van der Waals surface area (Å²) in [6, 6.07) is 4.09. The van der Waals surface area contributed by atoms with Gasteiger partial charge in [0, 0.05) is 36.2 Å². The van der Waals surface area contributed by atoms with Crippen LogP contribution in [-0.2, 0) is 19.1 Å². The van der Waals surface area contributed by atoms with Crippen LogP contribution in [0, 0.1) is 5.82 Å². The van der Waals surface area contributed by atoms with E-state index in [-0.39, 0.29) is 45.0 Å². The molecule has 1 unspecified atom stereocenters. The molecule has 216 valence electrons. The third kappa shape index (κ3) is 7.06. The quantitative estimate of drug-likeness (QED) is 0.223. The van der Waals surface area contributed by atoms with Crippen molar-refractivity contribution in [2.75, 3.05) is 44.1 Å². The molecule has 2 aromatic carbocycles. The zero-order valence-corrected chi connectivity index (χ0v) is 22.8. The molecule has 1 aliphatic rings. The van der Waals surface area contributed by atoms with E-state index in [1.54, 1.807) is 6.08 Å². The average molecular weight is 588 g/mol. The summed E-state index contributed by atoms with van der Waals surface area (Å²) in [5, 5.41) is 22.3. The maximum absolute atomic E-state index is 14.0. The lowest BCUT2D eigenvalue weighted by Gasteiger charge is -2.28. The van der Waals surface area contributed by atoms with E-state index in [9.17, 15) is 29.0 Å². The number of carboxylic acids is 2. The van der Waals surface area contributed by atoms with Crippen molar-refractivity contribution >= 4 is 57.5 Å². The molecule has 4 rings (SSSR count). The van der Waals surface area contributed by atoms with Crippen LogP contribution in [0.2, 0.25) is 5.02 Å². The fourth-order valence-electron chi connectivity index (χ4n) is 4.14. The largest absolute Gasteiger partial charge is 0.486 e. The Morgan fingerprint density at radius 2 is 1.98 bits per heavy atom. The van der Waals surface area contributed by atoms with Gasteiger partial charge >= 0.3 is 11.9 Å². The molecule has 14 heteroatoms. The van der Waals surface area contributed by atoms with E-state index in [1.165, 1.54) is 24.3 Å². The first-order valence-corrected chi connectivity index (χ1v) is 12.8. The van der Waals surface area contributed by atoms with Gasteiger partial charge in [-0.2, -0.15) is 0 Å². The van der Waals surface area contributed by atoms with Crippen molar-refractivity contribution in [2.24, 2.45) is 0 Å². The maximum Gasteiger partial charge on any atom is 0.338 e. The molecule has 3 aromatic rings. The Balaban J connectivity index is 1.88. The number of nitrogens with zero attached hydrogens (tertiary/aromatic N) is 4. The van der Waals surface area contributed by atoms with Gasteiger partial charge in [0.05, 0.1) is 29.4 Å². The Hall–Kier alpha value is -4.33. The lowest BCUT2D eigenvalue weighted by molar-refractivity contribution is -0.149. The van der Waals surface area contributed by atoms with Gasteiger partial charge in [0.2, 0.25) is 11.9 Å². The average Bonchev–Trinajstić information content (AvgIpc) is 3.41. The van der Waals surface area contributed by atoms with Crippen LogP contribution in [0.1, 0.15) is 6.42 Å². The summed E-state index contributed by atoms with van der Waals surface area (Å²) < 4.78 is 25.5. The number of likely N-dealkylation sites (N-methyl/N-ethyl adjacent to an activating group) is 1. The van der Waals surface area contributed by atoms with Crippen LogP contribution in [0.15, 0.2) is 48.8 Å². The number of aromatic nitrogens is 2. The van der Waals surface area contributed by atoms with Gasteiger partial charge in [-0.15, -0.1) is 0 Å². The summed E-state index contributed by atoms with van der Waals surface area (Å²) in [7, 11) is 3.70. The van der Waals surface area contributed by atoms with E-state index < -0.39 is 29.7 Å². The van der Waals surface area contributed by atoms with Crippen molar-refractivity contribution in [1.29, 1.82) is 0 Å². The van der Waals surface area contributed by atoms with E-state index in [2.05, 4.69) is 15.3 Å². The molecule has 41 heavy (non-hydrogen) atoms. The van der Waals surface area contributed by atoms with Crippen LogP contribution in [0.25, 0.3) is 10.9 Å². The van der Waals surface area contributed by atoms with Gasteiger partial charge in [-0.05, 0) is 38.4 Å². The second-order valence-corrected chi connectivity index (χ2v) is 9.77. The number of hydrogen-bond donors (Lipinski definition) is 3. The predicted molar refractivity (Wildman–Crippen MR) is 148 cm³/mol. The van der Waals surface area contributed by atoms with Gasteiger partial charge in [0.1, 0.15) is 29.8 Å². The van der Waals surface area contributed by atoms with Gasteiger partial charge in [0.15, 0.2) is 0 Å². The van der Waals surface area contributed by atoms with Gasteiger partial charge in [0.25, 0.3) is 0 Å².